The first-order valence-electron chi connectivity index (χ1n) is 21.8. The maximum atomic E-state index is 14.6. The van der Waals surface area contributed by atoms with Crippen LogP contribution in [-0.2, 0) is 32.9 Å². The molecule has 5 aromatic rings. The van der Waals surface area contributed by atoms with E-state index in [-0.39, 0.29) is 34.5 Å². The van der Waals surface area contributed by atoms with Gasteiger partial charge in [0.15, 0.2) is 46.2 Å². The average molecular weight is 933 g/mol. The average Bonchev–Trinajstić information content (AvgIpc) is 3.80. The van der Waals surface area contributed by atoms with Crippen molar-refractivity contribution in [2.45, 2.75) is 127 Å². The third-order valence-corrected chi connectivity index (χ3v) is 17.6. The monoisotopic (exact) mass is 932 g/mol. The Morgan fingerprint density at radius 1 is 0.938 bits per heavy atom. The molecule has 1 saturated carbocycles. The fourth-order valence-corrected chi connectivity index (χ4v) is 14.0. The first-order chi connectivity index (χ1) is 30.9. The lowest BCUT2D eigenvalue weighted by molar-refractivity contribution is -0.200. The number of aromatic nitrogens is 5. The Kier molecular flexibility index (Phi) is 14.5. The van der Waals surface area contributed by atoms with Gasteiger partial charge in [0, 0.05) is 38.9 Å². The lowest BCUT2D eigenvalue weighted by atomic mass is 10.0. The van der Waals surface area contributed by atoms with Crippen LogP contribution in [0.25, 0.3) is 11.2 Å². The molecule has 1 amide bonds. The van der Waals surface area contributed by atoms with E-state index in [9.17, 15) is 18.4 Å². The van der Waals surface area contributed by atoms with Gasteiger partial charge in [0.1, 0.15) is 23.9 Å². The fraction of sp³-hybridized carbons (Fsp3) is 0.489. The van der Waals surface area contributed by atoms with Crippen molar-refractivity contribution in [1.29, 1.82) is 0 Å². The molecule has 7 rings (SSSR count). The van der Waals surface area contributed by atoms with Crippen molar-refractivity contribution < 1.29 is 46.5 Å². The molecule has 3 aromatic carbocycles. The maximum Gasteiger partial charge on any atom is 0.416 e. The molecule has 1 saturated heterocycles. The van der Waals surface area contributed by atoms with E-state index in [1.807, 2.05) is 43.3 Å². The minimum Gasteiger partial charge on any atom is -0.457 e. The Balaban J connectivity index is 1.40. The predicted octanol–water partition coefficient (Wildman–Crippen LogP) is 7.73. The van der Waals surface area contributed by atoms with Crippen LogP contribution in [0.5, 0.6) is 0 Å². The van der Waals surface area contributed by atoms with Crippen molar-refractivity contribution in [1.82, 2.24) is 25.0 Å². The topological polar surface area (TPSA) is 149 Å². The van der Waals surface area contributed by atoms with E-state index in [2.05, 4.69) is 50.1 Å². The number of fused-ring (bicyclic) bond motifs is 1. The summed E-state index contributed by atoms with van der Waals surface area (Å²) in [6, 6.07) is 22.6. The van der Waals surface area contributed by atoms with Gasteiger partial charge in [-0.25, -0.2) is 28.2 Å². The van der Waals surface area contributed by atoms with Crippen molar-refractivity contribution >= 4 is 59.5 Å². The minimum absolute atomic E-state index is 0.00507. The molecule has 6 atom stereocenters. The molecule has 0 bridgehead atoms. The zero-order valence-electron chi connectivity index (χ0n) is 38.5. The van der Waals surface area contributed by atoms with Crippen LogP contribution in [0.15, 0.2) is 84.0 Å². The quantitative estimate of drug-likeness (QED) is 0.0313. The van der Waals surface area contributed by atoms with Crippen LogP contribution in [0.3, 0.4) is 0 Å². The van der Waals surface area contributed by atoms with Crippen LogP contribution in [0.4, 0.5) is 19.4 Å². The van der Waals surface area contributed by atoms with Gasteiger partial charge >= 0.3 is 12.1 Å². The maximum absolute atomic E-state index is 14.6. The largest absolute Gasteiger partial charge is 0.457 e. The highest BCUT2D eigenvalue weighted by molar-refractivity contribution is 7.99. The first kappa shape index (κ1) is 48.1. The molecule has 2 fully saturated rings. The smallest absolute Gasteiger partial charge is 0.416 e. The second-order valence-corrected chi connectivity index (χ2v) is 23.7. The van der Waals surface area contributed by atoms with Crippen LogP contribution in [0.2, 0.25) is 5.04 Å². The zero-order valence-corrected chi connectivity index (χ0v) is 40.3. The number of anilines is 1. The number of benzene rings is 3. The fourth-order valence-electron chi connectivity index (χ4n) is 8.76. The molecular formula is C47H58F2N6O8SSi. The highest BCUT2D eigenvalue weighted by Gasteiger charge is 2.56. The molecule has 3 heterocycles. The Morgan fingerprint density at radius 2 is 1.58 bits per heavy atom. The molecule has 0 unspecified atom stereocenters. The predicted molar refractivity (Wildman–Crippen MR) is 245 cm³/mol. The molecule has 348 valence electrons. The van der Waals surface area contributed by atoms with Gasteiger partial charge in [-0.15, -0.1) is 5.10 Å². The summed E-state index contributed by atoms with van der Waals surface area (Å²) in [5.41, 5.74) is -0.0132. The van der Waals surface area contributed by atoms with Gasteiger partial charge in [0.2, 0.25) is 0 Å². The molecule has 1 aliphatic carbocycles. The van der Waals surface area contributed by atoms with Crippen molar-refractivity contribution in [3.8, 4) is 0 Å². The molecule has 0 N–H and O–H groups in total. The summed E-state index contributed by atoms with van der Waals surface area (Å²) < 4.78 is 68.1. The van der Waals surface area contributed by atoms with Gasteiger partial charge in [-0.2, -0.15) is 0 Å². The number of methoxy groups -OCH3 is 2. The van der Waals surface area contributed by atoms with Crippen LogP contribution >= 0.6 is 11.8 Å². The van der Waals surface area contributed by atoms with E-state index >= 15 is 0 Å². The standard InChI is InChI=1S/C47H58F2N6O8SSi/c1-11-24-64-44-50-41(54(45(57)63-46(3,4)5)35-26-32(35)29-22-23-33(48)34(49)25-29)37-42(51-44)55(53-52-37)38-36(62-40(43(58-9)59-10)39(38)61-28(2)56)27-60-65(47(6,7)8,30-18-14-12-15-19-30)31-20-16-13-17-21-31/h12-23,25,32,35-36,38-40,43H,11,24,26-27H2,1-10H3/t32-,35+,36-,38-,39+,40+/m0/s1. The van der Waals surface area contributed by atoms with E-state index in [1.165, 1.54) is 43.9 Å². The highest BCUT2D eigenvalue weighted by Crippen LogP contribution is 2.48. The third-order valence-electron chi connectivity index (χ3n) is 11.6. The highest BCUT2D eigenvalue weighted by atomic mass is 32.2. The summed E-state index contributed by atoms with van der Waals surface area (Å²) in [7, 11) is -0.211. The van der Waals surface area contributed by atoms with E-state index < -0.39 is 74.3 Å². The molecule has 2 aromatic heterocycles. The summed E-state index contributed by atoms with van der Waals surface area (Å²) in [5.74, 6) is -2.15. The van der Waals surface area contributed by atoms with Gasteiger partial charge in [0.05, 0.1) is 6.61 Å². The van der Waals surface area contributed by atoms with Crippen LogP contribution in [-0.4, -0.2) is 108 Å². The number of amides is 1. The van der Waals surface area contributed by atoms with E-state index in [0.717, 1.165) is 28.9 Å². The Bertz CT molecular complexity index is 2410. The Morgan fingerprint density at radius 3 is 2.14 bits per heavy atom. The molecule has 18 heteroatoms. The van der Waals surface area contributed by atoms with Gasteiger partial charge in [-0.1, -0.05) is 111 Å². The molecular weight excluding hydrogens is 875 g/mol. The minimum atomic E-state index is -3.16. The van der Waals surface area contributed by atoms with Gasteiger partial charge in [-0.3, -0.25) is 9.69 Å². The third kappa shape index (κ3) is 9.98. The van der Waals surface area contributed by atoms with Crippen molar-refractivity contribution in [3.05, 3.63) is 96.1 Å². The second kappa shape index (κ2) is 19.5. The van der Waals surface area contributed by atoms with Gasteiger partial charge in [-0.05, 0) is 66.7 Å². The van der Waals surface area contributed by atoms with Gasteiger partial charge in [0.25, 0.3) is 8.32 Å². The van der Waals surface area contributed by atoms with E-state index in [4.69, 9.17) is 43.3 Å². The lowest BCUT2D eigenvalue weighted by Crippen LogP contribution is -2.67. The Labute approximate surface area is 383 Å². The normalized spacial score (nSPS) is 21.2. The molecule has 65 heavy (non-hydrogen) atoms. The van der Waals surface area contributed by atoms with Crippen LogP contribution in [0.1, 0.15) is 85.8 Å². The number of halogens is 2. The molecule has 2 aliphatic rings. The molecule has 0 radical (unpaired) electrons. The van der Waals surface area contributed by atoms with Gasteiger partial charge < -0.3 is 28.1 Å². The summed E-state index contributed by atoms with van der Waals surface area (Å²) in [5, 5.41) is 11.4. The number of thioether (sulfide) groups is 1. The molecule has 14 nitrogen and oxygen atoms in total. The van der Waals surface area contributed by atoms with Crippen molar-refractivity contribution in [2.24, 2.45) is 0 Å². The molecule has 1 aliphatic heterocycles. The summed E-state index contributed by atoms with van der Waals surface area (Å²) >= 11 is 1.38. The summed E-state index contributed by atoms with van der Waals surface area (Å²) in [6.07, 6.45) is -3.40. The number of hydrogen-bond acceptors (Lipinski definition) is 13. The van der Waals surface area contributed by atoms with Crippen LogP contribution < -0.4 is 15.3 Å². The molecule has 0 spiro atoms. The first-order valence-corrected chi connectivity index (χ1v) is 24.7. The number of rotatable bonds is 16. The number of carbonyl (C=O) groups excluding carboxylic acids is 2. The zero-order chi connectivity index (χ0) is 46.8. The second-order valence-electron chi connectivity index (χ2n) is 18.3. The lowest BCUT2D eigenvalue weighted by Gasteiger charge is -2.43. The number of ether oxygens (including phenoxy) is 5. The summed E-state index contributed by atoms with van der Waals surface area (Å²) in [4.78, 5) is 38.8. The SMILES string of the molecule is CCCSc1nc(N(C(=O)OC(C)(C)C)[C@@H]2C[C@H]2c2ccc(F)c(F)c2)c2nnn([C@@H]3[C@@H](OC(C)=O)[C@H](C(OC)OC)O[C@H]3CO[Si](c3ccccc3)(c3ccccc3)C(C)(C)C)c2n1. The number of esters is 1. The summed E-state index contributed by atoms with van der Waals surface area (Å²) in [6.45, 7) is 15.1. The van der Waals surface area contributed by atoms with Crippen molar-refractivity contribution in [3.63, 3.8) is 0 Å². The number of nitrogens with zero attached hydrogens (tertiary/aromatic N) is 6. The van der Waals surface area contributed by atoms with E-state index in [1.54, 1.807) is 25.5 Å². The van der Waals surface area contributed by atoms with E-state index in [0.29, 0.717) is 22.9 Å². The Hall–Kier alpha value is -4.85. The van der Waals surface area contributed by atoms with Crippen LogP contribution in [0, 0.1) is 11.6 Å². The number of hydrogen-bond donors (Lipinski definition) is 0. The number of carbonyl (C=O) groups is 2. The van der Waals surface area contributed by atoms with Crippen molar-refractivity contribution in [2.75, 3.05) is 31.5 Å².